The van der Waals surface area contributed by atoms with Gasteiger partial charge in [-0.2, -0.15) is 13.2 Å². The molecule has 1 N–H and O–H groups in total. The van der Waals surface area contributed by atoms with Crippen LogP contribution in [0.15, 0.2) is 59.5 Å². The van der Waals surface area contributed by atoms with E-state index in [-0.39, 0.29) is 18.0 Å². The Kier molecular flexibility index (Phi) is 6.27. The van der Waals surface area contributed by atoms with Gasteiger partial charge in [-0.25, -0.2) is 4.98 Å². The molecule has 0 saturated carbocycles. The number of nitrogens with one attached hydrogen (secondary N) is 1. The molecule has 0 aliphatic carbocycles. The first-order valence-corrected chi connectivity index (χ1v) is 10.4. The van der Waals surface area contributed by atoms with E-state index in [1.165, 1.54) is 18.4 Å². The fourth-order valence-electron chi connectivity index (χ4n) is 3.90. The third-order valence-corrected chi connectivity index (χ3v) is 5.61. The summed E-state index contributed by atoms with van der Waals surface area (Å²) < 4.78 is 44.1. The number of rotatable bonds is 5. The molecule has 3 aromatic rings. The van der Waals surface area contributed by atoms with Gasteiger partial charge in [0, 0.05) is 38.4 Å². The second kappa shape index (κ2) is 9.12. The van der Waals surface area contributed by atoms with Gasteiger partial charge in [0.2, 0.25) is 0 Å². The fourth-order valence-corrected chi connectivity index (χ4v) is 3.90. The molecule has 0 spiro atoms. The molecule has 1 aromatic carbocycles. The van der Waals surface area contributed by atoms with E-state index in [9.17, 15) is 18.0 Å². The van der Waals surface area contributed by atoms with E-state index in [1.807, 2.05) is 6.07 Å². The van der Waals surface area contributed by atoms with E-state index >= 15 is 0 Å². The Morgan fingerprint density at radius 3 is 2.44 bits per heavy atom. The molecule has 1 aliphatic heterocycles. The second-order valence-corrected chi connectivity index (χ2v) is 7.82. The van der Waals surface area contributed by atoms with Crippen LogP contribution in [0.4, 0.5) is 13.2 Å². The van der Waals surface area contributed by atoms with E-state index in [0.717, 1.165) is 23.3 Å². The van der Waals surface area contributed by atoms with Crippen LogP contribution in [0.25, 0.3) is 0 Å². The van der Waals surface area contributed by atoms with Gasteiger partial charge in [0.25, 0.3) is 5.91 Å². The van der Waals surface area contributed by atoms with Crippen LogP contribution >= 0.6 is 0 Å². The maximum absolute atomic E-state index is 13.0. The maximum Gasteiger partial charge on any atom is 0.416 e. The van der Waals surface area contributed by atoms with Crippen molar-refractivity contribution in [3.63, 3.8) is 0 Å². The van der Waals surface area contributed by atoms with Gasteiger partial charge in [-0.05, 0) is 42.2 Å². The van der Waals surface area contributed by atoms with Gasteiger partial charge < -0.3 is 14.6 Å². The van der Waals surface area contributed by atoms with Gasteiger partial charge in [0.15, 0.2) is 11.6 Å². The summed E-state index contributed by atoms with van der Waals surface area (Å²) in [5, 5.41) is 3.56. The lowest BCUT2D eigenvalue weighted by Crippen LogP contribution is -2.46. The molecule has 4 rings (SSSR count). The molecule has 0 radical (unpaired) electrons. The van der Waals surface area contributed by atoms with Gasteiger partial charge in [-0.3, -0.25) is 9.78 Å². The highest BCUT2D eigenvalue weighted by molar-refractivity contribution is 5.92. The summed E-state index contributed by atoms with van der Waals surface area (Å²) in [5.74, 6) is 0.285. The monoisotopic (exact) mass is 444 g/mol. The number of carbonyl (C=O) groups excluding carboxylic acids is 1. The highest BCUT2D eigenvalue weighted by atomic mass is 19.4. The first-order chi connectivity index (χ1) is 15.3. The molecule has 6 nitrogen and oxygen atoms in total. The molecular formula is C23H23F3N4O2. The van der Waals surface area contributed by atoms with Crippen molar-refractivity contribution in [1.29, 1.82) is 0 Å². The van der Waals surface area contributed by atoms with Gasteiger partial charge in [0.05, 0.1) is 11.6 Å². The molecule has 9 heteroatoms. The number of hydrogen-bond acceptors (Lipinski definition) is 5. The number of halogens is 3. The molecule has 32 heavy (non-hydrogen) atoms. The number of aromatic nitrogens is 2. The summed E-state index contributed by atoms with van der Waals surface area (Å²) in [4.78, 5) is 22.6. The third kappa shape index (κ3) is 4.99. The number of aryl methyl sites for hydroxylation is 1. The molecule has 168 valence electrons. The molecule has 1 fully saturated rings. The van der Waals surface area contributed by atoms with Gasteiger partial charge in [-0.15, -0.1) is 0 Å². The number of amides is 1. The number of carbonyl (C=O) groups is 1. The van der Waals surface area contributed by atoms with Crippen molar-refractivity contribution in [2.75, 3.05) is 13.1 Å². The minimum Gasteiger partial charge on any atom is -0.448 e. The van der Waals surface area contributed by atoms with E-state index in [1.54, 1.807) is 30.3 Å². The fraction of sp³-hybridized carbons (Fsp3) is 0.348. The van der Waals surface area contributed by atoms with Crippen molar-refractivity contribution in [3.05, 3.63) is 83.3 Å². The number of nitrogens with zero attached hydrogens (tertiary/aromatic N) is 3. The zero-order valence-electron chi connectivity index (χ0n) is 17.5. The molecule has 1 amide bonds. The van der Waals surface area contributed by atoms with Crippen molar-refractivity contribution >= 4 is 5.91 Å². The highest BCUT2D eigenvalue weighted by Gasteiger charge is 2.31. The van der Waals surface area contributed by atoms with Gasteiger partial charge in [-0.1, -0.05) is 18.2 Å². The predicted octanol–water partition coefficient (Wildman–Crippen LogP) is 4.38. The summed E-state index contributed by atoms with van der Waals surface area (Å²) >= 11 is 0. The molecule has 2 aromatic heterocycles. The van der Waals surface area contributed by atoms with Crippen LogP contribution in [0.2, 0.25) is 0 Å². The largest absolute Gasteiger partial charge is 0.448 e. The van der Waals surface area contributed by atoms with Crippen molar-refractivity contribution < 1.29 is 22.4 Å². The third-order valence-electron chi connectivity index (χ3n) is 5.61. The topological polar surface area (TPSA) is 71.3 Å². The molecule has 0 bridgehead atoms. The zero-order valence-corrected chi connectivity index (χ0v) is 17.5. The maximum atomic E-state index is 13.0. The second-order valence-electron chi connectivity index (χ2n) is 7.82. The summed E-state index contributed by atoms with van der Waals surface area (Å²) in [5.41, 5.74) is 1.21. The van der Waals surface area contributed by atoms with Crippen LogP contribution in [0, 0.1) is 6.92 Å². The number of benzene rings is 1. The lowest BCUT2D eigenvalue weighted by Gasteiger charge is -2.34. The molecular weight excluding hydrogens is 421 g/mol. The Labute approximate surface area is 183 Å². The highest BCUT2D eigenvalue weighted by Crippen LogP contribution is 2.31. The van der Waals surface area contributed by atoms with Crippen molar-refractivity contribution in [2.45, 2.75) is 38.0 Å². The molecule has 3 heterocycles. The van der Waals surface area contributed by atoms with E-state index < -0.39 is 11.7 Å². The number of oxazole rings is 1. The number of likely N-dealkylation sites (tertiary alicyclic amines) is 1. The number of alkyl halides is 3. The number of pyridine rings is 1. The minimum absolute atomic E-state index is 0.0885. The summed E-state index contributed by atoms with van der Waals surface area (Å²) in [6.45, 7) is 2.79. The Morgan fingerprint density at radius 2 is 1.88 bits per heavy atom. The minimum atomic E-state index is -4.38. The summed E-state index contributed by atoms with van der Waals surface area (Å²) in [6, 6.07) is 8.67. The predicted molar refractivity (Wildman–Crippen MR) is 111 cm³/mol. The van der Waals surface area contributed by atoms with Gasteiger partial charge >= 0.3 is 6.18 Å². The first-order valence-electron chi connectivity index (χ1n) is 10.4. The Morgan fingerprint density at radius 1 is 1.16 bits per heavy atom. The molecule has 1 unspecified atom stereocenters. The SMILES string of the molecule is Cc1nc(C(=O)N2CCC(NC(c3ccc(C(F)(F)F)cc3)c3cccnc3)CC2)co1. The standard InChI is InChI=1S/C23H23F3N4O2/c1-15-28-20(14-32-15)22(31)30-11-8-19(9-12-30)29-21(17-3-2-10-27-13-17)16-4-6-18(7-5-16)23(24,25)26/h2-7,10,13-14,19,21,29H,8-9,11-12H2,1H3. The smallest absolute Gasteiger partial charge is 0.416 e. The average Bonchev–Trinajstić information content (AvgIpc) is 3.24. The lowest BCUT2D eigenvalue weighted by atomic mass is 9.95. The van der Waals surface area contributed by atoms with Crippen LogP contribution in [0.1, 0.15) is 52.0 Å². The van der Waals surface area contributed by atoms with E-state index in [4.69, 9.17) is 4.42 Å². The molecule has 1 atom stereocenters. The first kappa shape index (κ1) is 22.0. The van der Waals surface area contributed by atoms with E-state index in [0.29, 0.717) is 37.5 Å². The summed E-state index contributed by atoms with van der Waals surface area (Å²) in [6.07, 6.45) is 1.77. The van der Waals surface area contributed by atoms with E-state index in [2.05, 4.69) is 15.3 Å². The number of piperidine rings is 1. The molecule has 1 aliphatic rings. The zero-order chi connectivity index (χ0) is 22.7. The van der Waals surface area contributed by atoms with Crippen molar-refractivity contribution in [2.24, 2.45) is 0 Å². The van der Waals surface area contributed by atoms with Crippen molar-refractivity contribution in [1.82, 2.24) is 20.2 Å². The summed E-state index contributed by atoms with van der Waals surface area (Å²) in [7, 11) is 0. The van der Waals surface area contributed by atoms with Crippen LogP contribution in [-0.4, -0.2) is 39.9 Å². The Bertz CT molecular complexity index is 1040. The average molecular weight is 444 g/mol. The Balaban J connectivity index is 1.46. The van der Waals surface area contributed by atoms with Crippen molar-refractivity contribution in [3.8, 4) is 0 Å². The molecule has 1 saturated heterocycles. The number of hydrogen-bond donors (Lipinski definition) is 1. The lowest BCUT2D eigenvalue weighted by molar-refractivity contribution is -0.137. The normalized spacial score (nSPS) is 16.2. The Hall–Kier alpha value is -3.20. The van der Waals surface area contributed by atoms with Gasteiger partial charge in [0.1, 0.15) is 6.26 Å². The van der Waals surface area contributed by atoms with Crippen LogP contribution < -0.4 is 5.32 Å². The van der Waals surface area contributed by atoms with Crippen LogP contribution in [0.3, 0.4) is 0 Å². The quantitative estimate of drug-likeness (QED) is 0.633. The van der Waals surface area contributed by atoms with Crippen LogP contribution in [0.5, 0.6) is 0 Å². The van der Waals surface area contributed by atoms with Crippen LogP contribution in [-0.2, 0) is 6.18 Å².